The number of rotatable bonds is 12. The first kappa shape index (κ1) is 32.2. The molecule has 4 rings (SSSR count). The molecule has 4 aromatic rings. The van der Waals surface area contributed by atoms with Crippen molar-refractivity contribution in [1.82, 2.24) is 5.32 Å². The monoisotopic (exact) mass is 627 g/mol. The number of nitrogens with one attached hydrogen (secondary N) is 3. The molecule has 5 N–H and O–H groups in total. The molecule has 0 bridgehead atoms. The number of carboxylic acid groups (broad SMARTS) is 1. The molecule has 0 saturated carbocycles. The molecule has 0 aliphatic heterocycles. The van der Waals surface area contributed by atoms with Crippen molar-refractivity contribution in [2.75, 3.05) is 30.6 Å². The fourth-order valence-electron chi connectivity index (χ4n) is 4.01. The quantitative estimate of drug-likeness (QED) is 0.0802. The first-order valence-corrected chi connectivity index (χ1v) is 14.4. The van der Waals surface area contributed by atoms with E-state index in [1.54, 1.807) is 72.8 Å². The molecule has 12 heteroatoms. The molecular formula is C33H29N3O8S. The highest BCUT2D eigenvalue weighted by Gasteiger charge is 2.17. The van der Waals surface area contributed by atoms with Crippen LogP contribution < -0.4 is 25.4 Å². The second kappa shape index (κ2) is 15.1. The average Bonchev–Trinajstić information content (AvgIpc) is 3.05. The van der Waals surface area contributed by atoms with Gasteiger partial charge in [0.2, 0.25) is 5.91 Å². The third-order valence-corrected chi connectivity index (χ3v) is 7.27. The van der Waals surface area contributed by atoms with E-state index in [0.29, 0.717) is 28.3 Å². The van der Waals surface area contributed by atoms with E-state index >= 15 is 0 Å². The van der Waals surface area contributed by atoms with Gasteiger partial charge in [0.25, 0.3) is 11.8 Å². The van der Waals surface area contributed by atoms with Crippen molar-refractivity contribution in [3.8, 4) is 17.2 Å². The zero-order chi connectivity index (χ0) is 32.3. The van der Waals surface area contributed by atoms with Crippen LogP contribution in [0.2, 0.25) is 0 Å². The number of thioether (sulfide) groups is 1. The van der Waals surface area contributed by atoms with E-state index in [0.717, 1.165) is 4.90 Å². The fourth-order valence-corrected chi connectivity index (χ4v) is 4.71. The summed E-state index contributed by atoms with van der Waals surface area (Å²) in [7, 11) is 3.01. The van der Waals surface area contributed by atoms with Crippen molar-refractivity contribution in [2.45, 2.75) is 4.90 Å². The molecule has 0 fully saturated rings. The zero-order valence-corrected chi connectivity index (χ0v) is 25.0. The van der Waals surface area contributed by atoms with Gasteiger partial charge in [-0.15, -0.1) is 11.8 Å². The molecule has 11 nitrogen and oxygen atoms in total. The van der Waals surface area contributed by atoms with Gasteiger partial charge in [0.05, 0.1) is 20.0 Å². The van der Waals surface area contributed by atoms with Crippen LogP contribution in [-0.4, -0.2) is 53.9 Å². The number of aromatic carboxylic acids is 1. The van der Waals surface area contributed by atoms with Crippen LogP contribution in [0, 0.1) is 0 Å². The summed E-state index contributed by atoms with van der Waals surface area (Å²) in [6, 6.07) is 24.1. The van der Waals surface area contributed by atoms with Crippen molar-refractivity contribution in [3.63, 3.8) is 0 Å². The maximum absolute atomic E-state index is 13.4. The number of ether oxygens (including phenoxy) is 2. The molecule has 0 aliphatic rings. The van der Waals surface area contributed by atoms with E-state index in [1.807, 2.05) is 0 Å². The average molecular weight is 628 g/mol. The summed E-state index contributed by atoms with van der Waals surface area (Å²) in [5, 5.41) is 26.8. The van der Waals surface area contributed by atoms with E-state index in [4.69, 9.17) is 14.6 Å². The molecule has 4 aromatic carbocycles. The molecule has 0 aromatic heterocycles. The lowest BCUT2D eigenvalue weighted by molar-refractivity contribution is -0.114. The Kier molecular flexibility index (Phi) is 10.8. The predicted octanol–water partition coefficient (Wildman–Crippen LogP) is 5.25. The van der Waals surface area contributed by atoms with Crippen LogP contribution in [-0.2, 0) is 9.59 Å². The van der Waals surface area contributed by atoms with Crippen molar-refractivity contribution >= 4 is 52.9 Å². The lowest BCUT2D eigenvalue weighted by atomic mass is 10.1. The van der Waals surface area contributed by atoms with E-state index < -0.39 is 23.5 Å². The number of methoxy groups -OCH3 is 2. The molecule has 0 radical (unpaired) electrons. The highest BCUT2D eigenvalue weighted by atomic mass is 32.2. The number of hydrogen-bond acceptors (Lipinski definition) is 8. The minimum atomic E-state index is -1.31. The maximum atomic E-state index is 13.4. The maximum Gasteiger partial charge on any atom is 0.339 e. The molecule has 0 spiro atoms. The van der Waals surface area contributed by atoms with Gasteiger partial charge in [-0.25, -0.2) is 4.79 Å². The Hall–Kier alpha value is -5.75. The van der Waals surface area contributed by atoms with Crippen molar-refractivity contribution in [2.24, 2.45) is 0 Å². The highest BCUT2D eigenvalue weighted by Crippen LogP contribution is 2.27. The van der Waals surface area contributed by atoms with Gasteiger partial charge in [-0.05, 0) is 78.9 Å². The number of hydrogen-bond donors (Lipinski definition) is 5. The van der Waals surface area contributed by atoms with Crippen molar-refractivity contribution in [3.05, 3.63) is 113 Å². The Morgan fingerprint density at radius 1 is 0.822 bits per heavy atom. The second-order valence-electron chi connectivity index (χ2n) is 9.34. The third-order valence-electron chi connectivity index (χ3n) is 6.26. The van der Waals surface area contributed by atoms with Crippen LogP contribution in [0.15, 0.2) is 102 Å². The third kappa shape index (κ3) is 8.88. The minimum absolute atomic E-state index is 0.0236. The summed E-state index contributed by atoms with van der Waals surface area (Å²) in [6.45, 7) is 0. The minimum Gasteiger partial charge on any atom is -0.507 e. The molecule has 0 heterocycles. The van der Waals surface area contributed by atoms with Gasteiger partial charge >= 0.3 is 5.97 Å². The van der Waals surface area contributed by atoms with Gasteiger partial charge in [-0.2, -0.15) is 0 Å². The lowest BCUT2D eigenvalue weighted by Crippen LogP contribution is -2.30. The predicted molar refractivity (Wildman–Crippen MR) is 171 cm³/mol. The summed E-state index contributed by atoms with van der Waals surface area (Å²) < 4.78 is 10.7. The lowest BCUT2D eigenvalue weighted by Gasteiger charge is -2.13. The molecule has 3 amide bonds. The number of anilines is 2. The Morgan fingerprint density at radius 2 is 1.53 bits per heavy atom. The van der Waals surface area contributed by atoms with Gasteiger partial charge < -0.3 is 35.6 Å². The number of benzene rings is 4. The summed E-state index contributed by atoms with van der Waals surface area (Å²) in [5.41, 5.74) is 1.20. The normalized spacial score (nSPS) is 10.8. The van der Waals surface area contributed by atoms with Gasteiger partial charge in [0.1, 0.15) is 28.5 Å². The smallest absolute Gasteiger partial charge is 0.339 e. The zero-order valence-electron chi connectivity index (χ0n) is 24.2. The van der Waals surface area contributed by atoms with Crippen molar-refractivity contribution < 1.29 is 38.9 Å². The SMILES string of the molecule is COc1ccc(OC)c(/C=C(\NC(=O)c2ccccc2)C(=O)Nc2ccc(SCC(=O)Nc3ccc(O)c(C(=O)O)c3)cc2)c1. The topological polar surface area (TPSA) is 163 Å². The number of carbonyl (C=O) groups excluding carboxylic acids is 3. The Balaban J connectivity index is 1.45. The number of carboxylic acids is 1. The van der Waals surface area contributed by atoms with Crippen molar-refractivity contribution in [1.29, 1.82) is 0 Å². The molecular weight excluding hydrogens is 598 g/mol. The van der Waals surface area contributed by atoms with Crippen LogP contribution in [0.3, 0.4) is 0 Å². The Bertz CT molecular complexity index is 1740. The van der Waals surface area contributed by atoms with Crippen LogP contribution in [0.5, 0.6) is 17.2 Å². The van der Waals surface area contributed by atoms with Crippen LogP contribution >= 0.6 is 11.8 Å². The van der Waals surface area contributed by atoms with Gasteiger partial charge in [0.15, 0.2) is 0 Å². The Labute approximate surface area is 262 Å². The summed E-state index contributed by atoms with van der Waals surface area (Å²) >= 11 is 1.23. The number of phenols is 1. The molecule has 0 saturated heterocycles. The summed E-state index contributed by atoms with van der Waals surface area (Å²) in [6.07, 6.45) is 1.49. The number of carbonyl (C=O) groups is 4. The van der Waals surface area contributed by atoms with E-state index in [1.165, 1.54) is 50.3 Å². The van der Waals surface area contributed by atoms with Crippen LogP contribution in [0.4, 0.5) is 11.4 Å². The van der Waals surface area contributed by atoms with Gasteiger partial charge in [0, 0.05) is 27.4 Å². The first-order chi connectivity index (χ1) is 21.7. The van der Waals surface area contributed by atoms with E-state index in [2.05, 4.69) is 16.0 Å². The molecule has 230 valence electrons. The van der Waals surface area contributed by atoms with Gasteiger partial charge in [-0.3, -0.25) is 14.4 Å². The van der Waals surface area contributed by atoms with Crippen LogP contribution in [0.1, 0.15) is 26.3 Å². The number of aromatic hydroxyl groups is 1. The molecule has 0 aliphatic carbocycles. The van der Waals surface area contributed by atoms with Crippen LogP contribution in [0.25, 0.3) is 6.08 Å². The van der Waals surface area contributed by atoms with E-state index in [-0.39, 0.29) is 28.6 Å². The molecule has 45 heavy (non-hydrogen) atoms. The summed E-state index contributed by atoms with van der Waals surface area (Å²) in [4.78, 5) is 50.7. The highest BCUT2D eigenvalue weighted by molar-refractivity contribution is 8.00. The molecule has 0 unspecified atom stereocenters. The molecule has 0 atom stereocenters. The largest absolute Gasteiger partial charge is 0.507 e. The van der Waals surface area contributed by atoms with E-state index in [9.17, 15) is 24.3 Å². The standard InChI is InChI=1S/C33H29N3O8S/c1-43-24-11-15-29(44-2)21(16-24)17-27(36-31(39)20-6-4-3-5-7-20)32(40)35-22-8-12-25(13-9-22)45-19-30(38)34-23-10-14-28(37)26(18-23)33(41)42/h3-18,37H,19H2,1-2H3,(H,34,38)(H,35,40)(H,36,39)(H,41,42)/b27-17-. The van der Waals surface area contributed by atoms with Gasteiger partial charge in [-0.1, -0.05) is 18.2 Å². The summed E-state index contributed by atoms with van der Waals surface area (Å²) in [5.74, 6) is -2.13. The first-order valence-electron chi connectivity index (χ1n) is 13.4. The second-order valence-corrected chi connectivity index (χ2v) is 10.4. The fraction of sp³-hybridized carbons (Fsp3) is 0.0909. The Morgan fingerprint density at radius 3 is 2.20 bits per heavy atom. The number of amides is 3.